The van der Waals surface area contributed by atoms with Gasteiger partial charge in [-0.15, -0.1) is 0 Å². The first kappa shape index (κ1) is 18.3. The summed E-state index contributed by atoms with van der Waals surface area (Å²) < 4.78 is 12.9. The first-order valence-corrected chi connectivity index (χ1v) is 8.40. The SMILES string of the molecule is CNC(=O)c1ccc(OC)c(NC(=O)COc2cccc3c2ccn3C)c1. The number of nitrogens with zero attached hydrogens (tertiary/aromatic N) is 1. The molecule has 27 heavy (non-hydrogen) atoms. The van der Waals surface area contributed by atoms with Crippen molar-refractivity contribution in [2.75, 3.05) is 26.1 Å². The van der Waals surface area contributed by atoms with Gasteiger partial charge in [0.2, 0.25) is 0 Å². The van der Waals surface area contributed by atoms with Gasteiger partial charge in [-0.05, 0) is 36.4 Å². The number of hydrogen-bond acceptors (Lipinski definition) is 4. The van der Waals surface area contributed by atoms with Gasteiger partial charge in [-0.3, -0.25) is 9.59 Å². The lowest BCUT2D eigenvalue weighted by Gasteiger charge is -2.12. The van der Waals surface area contributed by atoms with Crippen molar-refractivity contribution in [2.45, 2.75) is 0 Å². The van der Waals surface area contributed by atoms with Crippen molar-refractivity contribution in [3.8, 4) is 11.5 Å². The van der Waals surface area contributed by atoms with Crippen LogP contribution in [0.15, 0.2) is 48.7 Å². The first-order chi connectivity index (χ1) is 13.0. The van der Waals surface area contributed by atoms with Gasteiger partial charge in [0, 0.05) is 31.2 Å². The zero-order valence-corrected chi connectivity index (χ0v) is 15.4. The molecule has 0 saturated heterocycles. The zero-order chi connectivity index (χ0) is 19.4. The summed E-state index contributed by atoms with van der Waals surface area (Å²) >= 11 is 0. The van der Waals surface area contributed by atoms with Gasteiger partial charge < -0.3 is 24.7 Å². The number of ether oxygens (including phenoxy) is 2. The van der Waals surface area contributed by atoms with Gasteiger partial charge in [-0.2, -0.15) is 0 Å². The third-order valence-corrected chi connectivity index (χ3v) is 4.21. The molecule has 0 aliphatic rings. The van der Waals surface area contributed by atoms with Crippen molar-refractivity contribution in [3.05, 3.63) is 54.2 Å². The molecule has 1 heterocycles. The molecule has 0 bridgehead atoms. The monoisotopic (exact) mass is 367 g/mol. The number of aromatic nitrogens is 1. The minimum absolute atomic E-state index is 0.165. The number of fused-ring (bicyclic) bond motifs is 1. The number of rotatable bonds is 6. The molecular weight excluding hydrogens is 346 g/mol. The van der Waals surface area contributed by atoms with Crippen LogP contribution in [0.1, 0.15) is 10.4 Å². The summed E-state index contributed by atoms with van der Waals surface area (Å²) in [5, 5.41) is 6.21. The molecule has 2 amide bonds. The van der Waals surface area contributed by atoms with Crippen LogP contribution in [0, 0.1) is 0 Å². The Morgan fingerprint density at radius 1 is 1.11 bits per heavy atom. The predicted octanol–water partition coefficient (Wildman–Crippen LogP) is 2.56. The summed E-state index contributed by atoms with van der Waals surface area (Å²) in [4.78, 5) is 24.1. The quantitative estimate of drug-likeness (QED) is 0.702. The largest absolute Gasteiger partial charge is 0.495 e. The van der Waals surface area contributed by atoms with Crippen molar-refractivity contribution >= 4 is 28.4 Å². The highest BCUT2D eigenvalue weighted by Gasteiger charge is 2.13. The van der Waals surface area contributed by atoms with Crippen LogP contribution >= 0.6 is 0 Å². The molecule has 7 heteroatoms. The van der Waals surface area contributed by atoms with Gasteiger partial charge in [0.25, 0.3) is 11.8 Å². The van der Waals surface area contributed by atoms with Gasteiger partial charge in [-0.25, -0.2) is 0 Å². The summed E-state index contributed by atoms with van der Waals surface area (Å²) in [6.45, 7) is -0.165. The smallest absolute Gasteiger partial charge is 0.262 e. The van der Waals surface area contributed by atoms with E-state index < -0.39 is 0 Å². The second-order valence-electron chi connectivity index (χ2n) is 5.95. The Balaban J connectivity index is 1.73. The molecule has 3 rings (SSSR count). The van der Waals surface area contributed by atoms with Crippen LogP contribution in [0.2, 0.25) is 0 Å². The van der Waals surface area contributed by atoms with Crippen molar-refractivity contribution in [2.24, 2.45) is 7.05 Å². The van der Waals surface area contributed by atoms with Crippen LogP contribution in [0.5, 0.6) is 11.5 Å². The maximum atomic E-state index is 12.3. The van der Waals surface area contributed by atoms with E-state index in [9.17, 15) is 9.59 Å². The molecular formula is C20H21N3O4. The highest BCUT2D eigenvalue weighted by molar-refractivity contribution is 5.98. The van der Waals surface area contributed by atoms with E-state index in [1.807, 2.05) is 42.1 Å². The van der Waals surface area contributed by atoms with Crippen molar-refractivity contribution < 1.29 is 19.1 Å². The van der Waals surface area contributed by atoms with Crippen molar-refractivity contribution in [1.82, 2.24) is 9.88 Å². The Bertz CT molecular complexity index is 994. The number of amides is 2. The molecule has 0 aliphatic heterocycles. The molecule has 0 unspecified atom stereocenters. The molecule has 2 N–H and O–H groups in total. The third-order valence-electron chi connectivity index (χ3n) is 4.21. The highest BCUT2D eigenvalue weighted by atomic mass is 16.5. The number of methoxy groups -OCH3 is 1. The maximum Gasteiger partial charge on any atom is 0.262 e. The lowest BCUT2D eigenvalue weighted by atomic mass is 10.1. The minimum atomic E-state index is -0.352. The Kier molecular flexibility index (Phi) is 5.30. The van der Waals surface area contributed by atoms with Gasteiger partial charge in [-0.1, -0.05) is 6.07 Å². The van der Waals surface area contributed by atoms with Crippen molar-refractivity contribution in [3.63, 3.8) is 0 Å². The van der Waals surface area contributed by atoms with Gasteiger partial charge >= 0.3 is 0 Å². The summed E-state index contributed by atoms with van der Waals surface area (Å²) in [5.41, 5.74) is 1.85. The van der Waals surface area contributed by atoms with Gasteiger partial charge in [0.05, 0.1) is 18.3 Å². The third kappa shape index (κ3) is 3.87. The maximum absolute atomic E-state index is 12.3. The van der Waals surface area contributed by atoms with Crippen LogP contribution in [0.4, 0.5) is 5.69 Å². The van der Waals surface area contributed by atoms with E-state index >= 15 is 0 Å². The summed E-state index contributed by atoms with van der Waals surface area (Å²) in [7, 11) is 4.99. The molecule has 0 spiro atoms. The number of anilines is 1. The Morgan fingerprint density at radius 3 is 2.67 bits per heavy atom. The van der Waals surface area contributed by atoms with Crippen LogP contribution in [0.3, 0.4) is 0 Å². The Hall–Kier alpha value is -3.48. The number of benzene rings is 2. The summed E-state index contributed by atoms with van der Waals surface area (Å²) in [5.74, 6) is 0.492. The molecule has 0 aliphatic carbocycles. The fraction of sp³-hybridized carbons (Fsp3) is 0.200. The van der Waals surface area contributed by atoms with Crippen LogP contribution in [0.25, 0.3) is 10.9 Å². The second-order valence-corrected chi connectivity index (χ2v) is 5.95. The standard InChI is InChI=1S/C20H21N3O4/c1-21-20(25)13-7-8-18(26-3)15(11-13)22-19(24)12-27-17-6-4-5-16-14(17)9-10-23(16)2/h4-11H,12H2,1-3H3,(H,21,25)(H,22,24). The van der Waals surface area contributed by atoms with Crippen LogP contribution in [-0.4, -0.2) is 37.1 Å². The molecule has 7 nitrogen and oxygen atoms in total. The number of aryl methyl sites for hydroxylation is 1. The zero-order valence-electron chi connectivity index (χ0n) is 15.4. The van der Waals surface area contributed by atoms with E-state index in [1.54, 1.807) is 25.2 Å². The number of nitrogens with one attached hydrogen (secondary N) is 2. The summed E-state index contributed by atoms with van der Waals surface area (Å²) in [6.07, 6.45) is 1.94. The van der Waals surface area contributed by atoms with E-state index in [0.29, 0.717) is 22.7 Å². The predicted molar refractivity (Wildman–Crippen MR) is 103 cm³/mol. The Morgan fingerprint density at radius 2 is 1.93 bits per heavy atom. The number of carbonyl (C=O) groups excluding carboxylic acids is 2. The number of hydrogen-bond donors (Lipinski definition) is 2. The van der Waals surface area contributed by atoms with E-state index in [0.717, 1.165) is 10.9 Å². The van der Waals surface area contributed by atoms with Crippen LogP contribution < -0.4 is 20.1 Å². The molecule has 0 fully saturated rings. The Labute approximate surface area is 156 Å². The molecule has 140 valence electrons. The van der Waals surface area contributed by atoms with Crippen molar-refractivity contribution in [1.29, 1.82) is 0 Å². The minimum Gasteiger partial charge on any atom is -0.495 e. The number of carbonyl (C=O) groups is 2. The van der Waals surface area contributed by atoms with Gasteiger partial charge in [0.15, 0.2) is 6.61 Å². The molecule has 0 saturated carbocycles. The molecule has 2 aromatic carbocycles. The van der Waals surface area contributed by atoms with E-state index in [1.165, 1.54) is 7.11 Å². The lowest BCUT2D eigenvalue weighted by molar-refractivity contribution is -0.118. The summed E-state index contributed by atoms with van der Waals surface area (Å²) in [6, 6.07) is 12.4. The topological polar surface area (TPSA) is 81.6 Å². The average Bonchev–Trinajstić information content (AvgIpc) is 3.07. The normalized spacial score (nSPS) is 10.5. The average molecular weight is 367 g/mol. The second kappa shape index (κ2) is 7.82. The fourth-order valence-corrected chi connectivity index (χ4v) is 2.82. The molecule has 1 aromatic heterocycles. The van der Waals surface area contributed by atoms with E-state index in [2.05, 4.69) is 10.6 Å². The van der Waals surface area contributed by atoms with E-state index in [-0.39, 0.29) is 18.4 Å². The molecule has 0 radical (unpaired) electrons. The van der Waals surface area contributed by atoms with Gasteiger partial charge in [0.1, 0.15) is 11.5 Å². The fourth-order valence-electron chi connectivity index (χ4n) is 2.82. The van der Waals surface area contributed by atoms with Crippen LogP contribution in [-0.2, 0) is 11.8 Å². The lowest BCUT2D eigenvalue weighted by Crippen LogP contribution is -2.22. The van der Waals surface area contributed by atoms with E-state index in [4.69, 9.17) is 9.47 Å². The first-order valence-electron chi connectivity index (χ1n) is 8.40. The highest BCUT2D eigenvalue weighted by Crippen LogP contribution is 2.27. The molecule has 3 aromatic rings. The molecule has 0 atom stereocenters.